The molecular formula is C13H16O3. The minimum atomic E-state index is -0.384. The van der Waals surface area contributed by atoms with Gasteiger partial charge < -0.3 is 4.74 Å². The summed E-state index contributed by atoms with van der Waals surface area (Å²) in [5.41, 5.74) is 0. The number of Topliss-reactive ketones (excluding diaryl/α,β-unsaturated/α-hetero) is 1. The zero-order chi connectivity index (χ0) is 11.3. The Kier molecular flexibility index (Phi) is 2.16. The van der Waals surface area contributed by atoms with E-state index in [0.29, 0.717) is 17.6 Å². The molecule has 4 fully saturated rings. The molecule has 0 aromatic rings. The highest BCUT2D eigenvalue weighted by Crippen LogP contribution is 2.52. The zero-order valence-corrected chi connectivity index (χ0v) is 9.22. The maximum absolute atomic E-state index is 12.0. The minimum absolute atomic E-state index is 0.0138. The third kappa shape index (κ3) is 1.34. The van der Waals surface area contributed by atoms with Crippen LogP contribution in [-0.4, -0.2) is 17.9 Å². The second kappa shape index (κ2) is 3.44. The molecule has 0 spiro atoms. The van der Waals surface area contributed by atoms with Crippen molar-refractivity contribution in [1.29, 1.82) is 0 Å². The van der Waals surface area contributed by atoms with Crippen LogP contribution in [0.25, 0.3) is 0 Å². The first kappa shape index (κ1) is 10.1. The minimum Gasteiger partial charge on any atom is -0.458 e. The Morgan fingerprint density at radius 3 is 2.88 bits per heavy atom. The Bertz CT molecular complexity index is 360. The van der Waals surface area contributed by atoms with E-state index in [4.69, 9.17) is 4.74 Å². The third-order valence-electron chi connectivity index (χ3n) is 4.48. The van der Waals surface area contributed by atoms with E-state index < -0.39 is 0 Å². The van der Waals surface area contributed by atoms with Gasteiger partial charge in [-0.2, -0.15) is 0 Å². The molecule has 3 heteroatoms. The van der Waals surface area contributed by atoms with E-state index >= 15 is 0 Å². The molecule has 4 saturated carbocycles. The number of hydrogen-bond acceptors (Lipinski definition) is 3. The molecule has 0 saturated heterocycles. The van der Waals surface area contributed by atoms with Crippen LogP contribution in [0.1, 0.15) is 25.7 Å². The lowest BCUT2D eigenvalue weighted by Crippen LogP contribution is -2.55. The summed E-state index contributed by atoms with van der Waals surface area (Å²) in [6, 6.07) is 0. The summed E-state index contributed by atoms with van der Waals surface area (Å²) in [5, 5.41) is 0. The first-order valence-corrected chi connectivity index (χ1v) is 6.06. The maximum atomic E-state index is 12.0. The number of rotatable bonds is 2. The number of carbonyl (C=O) groups excluding carboxylic acids is 2. The van der Waals surface area contributed by atoms with E-state index in [1.54, 1.807) is 0 Å². The van der Waals surface area contributed by atoms with E-state index in [2.05, 4.69) is 6.58 Å². The van der Waals surface area contributed by atoms with Crippen LogP contribution in [0.15, 0.2) is 12.7 Å². The highest BCUT2D eigenvalue weighted by atomic mass is 16.5. The van der Waals surface area contributed by atoms with Gasteiger partial charge in [-0.3, -0.25) is 4.79 Å². The summed E-state index contributed by atoms with van der Waals surface area (Å²) in [6.07, 6.45) is 5.10. The molecule has 0 aromatic heterocycles. The normalized spacial score (nSPS) is 44.5. The topological polar surface area (TPSA) is 43.4 Å². The van der Waals surface area contributed by atoms with Crippen LogP contribution in [0.4, 0.5) is 0 Å². The molecule has 5 atom stereocenters. The fourth-order valence-electron chi connectivity index (χ4n) is 3.94. The molecule has 5 unspecified atom stereocenters. The van der Waals surface area contributed by atoms with E-state index in [0.717, 1.165) is 25.7 Å². The summed E-state index contributed by atoms with van der Waals surface area (Å²) in [4.78, 5) is 23.3. The lowest BCUT2D eigenvalue weighted by atomic mass is 9.54. The number of carbonyl (C=O) groups is 2. The Labute approximate surface area is 94.8 Å². The van der Waals surface area contributed by atoms with Gasteiger partial charge in [0.1, 0.15) is 11.9 Å². The average Bonchev–Trinajstić information content (AvgIpc) is 2.29. The Hall–Kier alpha value is -1.12. The van der Waals surface area contributed by atoms with Gasteiger partial charge in [-0.15, -0.1) is 0 Å². The van der Waals surface area contributed by atoms with Gasteiger partial charge in [0.25, 0.3) is 0 Å². The molecule has 4 aliphatic rings. The van der Waals surface area contributed by atoms with Crippen molar-refractivity contribution >= 4 is 11.8 Å². The van der Waals surface area contributed by atoms with Crippen LogP contribution in [0.3, 0.4) is 0 Å². The lowest BCUT2D eigenvalue weighted by molar-refractivity contribution is -0.171. The van der Waals surface area contributed by atoms with Gasteiger partial charge in [0, 0.05) is 12.0 Å². The monoisotopic (exact) mass is 220 g/mol. The van der Waals surface area contributed by atoms with Crippen LogP contribution in [-0.2, 0) is 14.3 Å². The van der Waals surface area contributed by atoms with Gasteiger partial charge in [-0.1, -0.05) is 6.58 Å². The molecular weight excluding hydrogens is 204 g/mol. The lowest BCUT2D eigenvalue weighted by Gasteiger charge is -2.52. The van der Waals surface area contributed by atoms with Crippen molar-refractivity contribution in [2.45, 2.75) is 31.8 Å². The number of ketones is 1. The predicted octanol–water partition coefficient (Wildman–Crippen LogP) is 1.72. The number of ether oxygens (including phenoxy) is 1. The van der Waals surface area contributed by atoms with E-state index in [1.165, 1.54) is 6.08 Å². The Balaban J connectivity index is 1.82. The summed E-state index contributed by atoms with van der Waals surface area (Å²) in [7, 11) is 0. The molecule has 16 heavy (non-hydrogen) atoms. The van der Waals surface area contributed by atoms with Gasteiger partial charge in [-0.05, 0) is 37.5 Å². The zero-order valence-electron chi connectivity index (χ0n) is 9.22. The SMILES string of the molecule is C=CC(=O)OC1C2CC3CC(C2)C(=O)C1C3. The average molecular weight is 220 g/mol. The van der Waals surface area contributed by atoms with Crippen LogP contribution < -0.4 is 0 Å². The number of hydrogen-bond donors (Lipinski definition) is 0. The van der Waals surface area contributed by atoms with Crippen molar-refractivity contribution in [3.8, 4) is 0 Å². The van der Waals surface area contributed by atoms with Gasteiger partial charge in [0.05, 0.1) is 5.92 Å². The molecule has 4 aliphatic carbocycles. The van der Waals surface area contributed by atoms with Crippen LogP contribution in [0, 0.1) is 23.7 Å². The quantitative estimate of drug-likeness (QED) is 0.525. The third-order valence-corrected chi connectivity index (χ3v) is 4.48. The largest absolute Gasteiger partial charge is 0.458 e. The summed E-state index contributed by atoms with van der Waals surface area (Å²) in [5.74, 6) is 1.33. The molecule has 4 rings (SSSR count). The highest BCUT2D eigenvalue weighted by molar-refractivity contribution is 5.87. The Morgan fingerprint density at radius 2 is 2.12 bits per heavy atom. The summed E-state index contributed by atoms with van der Waals surface area (Å²) < 4.78 is 5.37. The van der Waals surface area contributed by atoms with Crippen molar-refractivity contribution < 1.29 is 14.3 Å². The van der Waals surface area contributed by atoms with E-state index in [9.17, 15) is 9.59 Å². The second-order valence-corrected chi connectivity index (χ2v) is 5.38. The first-order valence-electron chi connectivity index (χ1n) is 6.06. The van der Waals surface area contributed by atoms with Gasteiger partial charge in [-0.25, -0.2) is 4.79 Å². The molecule has 0 aliphatic heterocycles. The molecule has 0 amide bonds. The summed E-state index contributed by atoms with van der Waals surface area (Å²) >= 11 is 0. The van der Waals surface area contributed by atoms with Crippen molar-refractivity contribution in [1.82, 2.24) is 0 Å². The van der Waals surface area contributed by atoms with Crippen LogP contribution in [0.5, 0.6) is 0 Å². The van der Waals surface area contributed by atoms with Crippen LogP contribution >= 0.6 is 0 Å². The maximum Gasteiger partial charge on any atom is 0.330 e. The Morgan fingerprint density at radius 1 is 1.31 bits per heavy atom. The fourth-order valence-corrected chi connectivity index (χ4v) is 3.94. The van der Waals surface area contributed by atoms with Gasteiger partial charge in [0.2, 0.25) is 0 Å². The molecule has 0 heterocycles. The van der Waals surface area contributed by atoms with Crippen molar-refractivity contribution in [2.75, 3.05) is 0 Å². The molecule has 86 valence electrons. The smallest absolute Gasteiger partial charge is 0.330 e. The molecule has 0 aromatic carbocycles. The van der Waals surface area contributed by atoms with E-state index in [1.807, 2.05) is 0 Å². The van der Waals surface area contributed by atoms with Crippen molar-refractivity contribution in [2.24, 2.45) is 23.7 Å². The van der Waals surface area contributed by atoms with Gasteiger partial charge >= 0.3 is 5.97 Å². The van der Waals surface area contributed by atoms with Crippen molar-refractivity contribution in [3.63, 3.8) is 0 Å². The van der Waals surface area contributed by atoms with Crippen molar-refractivity contribution in [3.05, 3.63) is 12.7 Å². The standard InChI is InChI=1S/C13H16O3/c1-2-11(14)16-13-9-4-7-3-8(6-9)12(15)10(13)5-7/h2,7-10,13H,1,3-6H2. The second-order valence-electron chi connectivity index (χ2n) is 5.38. The molecule has 3 nitrogen and oxygen atoms in total. The highest BCUT2D eigenvalue weighted by Gasteiger charge is 2.54. The van der Waals surface area contributed by atoms with Gasteiger partial charge in [0.15, 0.2) is 0 Å². The molecule has 4 bridgehead atoms. The van der Waals surface area contributed by atoms with E-state index in [-0.39, 0.29) is 23.9 Å². The van der Waals surface area contributed by atoms with Crippen LogP contribution in [0.2, 0.25) is 0 Å². The summed E-state index contributed by atoms with van der Waals surface area (Å²) in [6.45, 7) is 3.40. The fraction of sp³-hybridized carbons (Fsp3) is 0.692. The molecule has 0 N–H and O–H groups in total. The predicted molar refractivity (Wildman–Crippen MR) is 57.5 cm³/mol. The molecule has 0 radical (unpaired) electrons. The number of esters is 1. The first-order chi connectivity index (χ1) is 7.69.